The first-order valence-corrected chi connectivity index (χ1v) is 8.88. The molecule has 0 aliphatic rings. The van der Waals surface area contributed by atoms with Crippen LogP contribution >= 0.6 is 0 Å². The highest BCUT2D eigenvalue weighted by atomic mass is 16.5. The SMILES string of the molecule is CC(C)Oc1cccc(CC(=O)NCCc2ccc(OCC(=O)O)cc2)c1. The molecule has 27 heavy (non-hydrogen) atoms. The first-order chi connectivity index (χ1) is 12.9. The summed E-state index contributed by atoms with van der Waals surface area (Å²) in [5.74, 6) is 0.218. The molecule has 0 saturated heterocycles. The minimum Gasteiger partial charge on any atom is -0.491 e. The lowest BCUT2D eigenvalue weighted by atomic mass is 10.1. The highest BCUT2D eigenvalue weighted by molar-refractivity contribution is 5.78. The van der Waals surface area contributed by atoms with Crippen LogP contribution in [0, 0.1) is 0 Å². The van der Waals surface area contributed by atoms with Gasteiger partial charge in [0, 0.05) is 6.54 Å². The summed E-state index contributed by atoms with van der Waals surface area (Å²) < 4.78 is 10.7. The van der Waals surface area contributed by atoms with E-state index >= 15 is 0 Å². The van der Waals surface area contributed by atoms with Gasteiger partial charge in [0.2, 0.25) is 5.91 Å². The van der Waals surface area contributed by atoms with Crippen molar-refractivity contribution in [1.82, 2.24) is 5.32 Å². The van der Waals surface area contributed by atoms with Gasteiger partial charge in [0.05, 0.1) is 12.5 Å². The summed E-state index contributed by atoms with van der Waals surface area (Å²) in [4.78, 5) is 22.6. The summed E-state index contributed by atoms with van der Waals surface area (Å²) in [5.41, 5.74) is 1.94. The Morgan fingerprint density at radius 2 is 1.78 bits per heavy atom. The van der Waals surface area contributed by atoms with Gasteiger partial charge >= 0.3 is 5.97 Å². The largest absolute Gasteiger partial charge is 0.491 e. The number of carboxylic acids is 1. The summed E-state index contributed by atoms with van der Waals surface area (Å²) in [6, 6.07) is 14.7. The molecule has 0 unspecified atom stereocenters. The third kappa shape index (κ3) is 7.81. The van der Waals surface area contributed by atoms with E-state index in [4.69, 9.17) is 14.6 Å². The fourth-order valence-corrected chi connectivity index (χ4v) is 2.49. The third-order valence-corrected chi connectivity index (χ3v) is 3.66. The molecule has 0 heterocycles. The summed E-state index contributed by atoms with van der Waals surface area (Å²) in [5, 5.41) is 11.5. The van der Waals surface area contributed by atoms with Crippen LogP contribution < -0.4 is 14.8 Å². The molecular formula is C21H25NO5. The van der Waals surface area contributed by atoms with Crippen molar-refractivity contribution in [2.75, 3.05) is 13.2 Å². The first-order valence-electron chi connectivity index (χ1n) is 8.88. The fraction of sp³-hybridized carbons (Fsp3) is 0.333. The Morgan fingerprint density at radius 1 is 1.04 bits per heavy atom. The number of benzene rings is 2. The van der Waals surface area contributed by atoms with Crippen molar-refractivity contribution in [2.45, 2.75) is 32.8 Å². The molecule has 0 aliphatic carbocycles. The molecule has 0 aromatic heterocycles. The number of hydrogen-bond donors (Lipinski definition) is 2. The maximum atomic E-state index is 12.1. The van der Waals surface area contributed by atoms with Gasteiger partial charge in [-0.05, 0) is 55.7 Å². The number of amides is 1. The second-order valence-electron chi connectivity index (χ2n) is 6.42. The van der Waals surface area contributed by atoms with Crippen molar-refractivity contribution in [1.29, 1.82) is 0 Å². The number of rotatable bonds is 10. The fourth-order valence-electron chi connectivity index (χ4n) is 2.49. The second kappa shape index (κ2) is 10.2. The predicted molar refractivity (Wildman–Crippen MR) is 102 cm³/mol. The average molecular weight is 371 g/mol. The van der Waals surface area contributed by atoms with Crippen LogP contribution in [-0.2, 0) is 22.4 Å². The van der Waals surface area contributed by atoms with Crippen LogP contribution in [0.15, 0.2) is 48.5 Å². The van der Waals surface area contributed by atoms with Crippen molar-refractivity contribution >= 4 is 11.9 Å². The standard InChI is InChI=1S/C21H25NO5/c1-15(2)27-19-5-3-4-17(12-19)13-20(23)22-11-10-16-6-8-18(9-7-16)26-14-21(24)25/h3-9,12,15H,10-11,13-14H2,1-2H3,(H,22,23)(H,24,25). The van der Waals surface area contributed by atoms with Gasteiger partial charge in [-0.25, -0.2) is 4.79 Å². The number of carbonyl (C=O) groups is 2. The smallest absolute Gasteiger partial charge is 0.341 e. The van der Waals surface area contributed by atoms with Crippen LogP contribution in [0.2, 0.25) is 0 Å². The lowest BCUT2D eigenvalue weighted by Crippen LogP contribution is -2.27. The summed E-state index contributed by atoms with van der Waals surface area (Å²) in [6.07, 6.45) is 1.08. The highest BCUT2D eigenvalue weighted by Gasteiger charge is 2.06. The van der Waals surface area contributed by atoms with Crippen LogP contribution in [-0.4, -0.2) is 36.2 Å². The Morgan fingerprint density at radius 3 is 2.44 bits per heavy atom. The number of hydrogen-bond acceptors (Lipinski definition) is 4. The van der Waals surface area contributed by atoms with Gasteiger partial charge in [-0.3, -0.25) is 4.79 Å². The molecule has 0 radical (unpaired) electrons. The quantitative estimate of drug-likeness (QED) is 0.671. The van der Waals surface area contributed by atoms with E-state index in [0.29, 0.717) is 25.1 Å². The number of carbonyl (C=O) groups excluding carboxylic acids is 1. The van der Waals surface area contributed by atoms with Crippen molar-refractivity contribution in [2.24, 2.45) is 0 Å². The zero-order chi connectivity index (χ0) is 19.6. The molecule has 0 atom stereocenters. The molecule has 1 amide bonds. The van der Waals surface area contributed by atoms with Gasteiger partial charge < -0.3 is 19.9 Å². The van der Waals surface area contributed by atoms with Gasteiger partial charge in [0.25, 0.3) is 0 Å². The maximum absolute atomic E-state index is 12.1. The Bertz CT molecular complexity index is 755. The number of nitrogens with one attached hydrogen (secondary N) is 1. The molecule has 6 heteroatoms. The Labute approximate surface area is 159 Å². The molecule has 0 saturated carbocycles. The molecule has 2 aromatic carbocycles. The lowest BCUT2D eigenvalue weighted by Gasteiger charge is -2.11. The topological polar surface area (TPSA) is 84.9 Å². The Balaban J connectivity index is 1.75. The third-order valence-electron chi connectivity index (χ3n) is 3.66. The van der Waals surface area contributed by atoms with E-state index in [1.807, 2.05) is 50.2 Å². The molecule has 144 valence electrons. The monoisotopic (exact) mass is 371 g/mol. The zero-order valence-electron chi connectivity index (χ0n) is 15.6. The van der Waals surface area contributed by atoms with E-state index in [1.165, 1.54) is 0 Å². The zero-order valence-corrected chi connectivity index (χ0v) is 15.6. The van der Waals surface area contributed by atoms with Crippen LogP contribution in [0.4, 0.5) is 0 Å². The summed E-state index contributed by atoms with van der Waals surface area (Å²) >= 11 is 0. The number of ether oxygens (including phenoxy) is 2. The van der Waals surface area contributed by atoms with Gasteiger partial charge in [0.15, 0.2) is 6.61 Å². The van der Waals surface area contributed by atoms with E-state index in [2.05, 4.69) is 5.32 Å². The van der Waals surface area contributed by atoms with E-state index in [-0.39, 0.29) is 18.6 Å². The second-order valence-corrected chi connectivity index (χ2v) is 6.42. The average Bonchev–Trinajstić information content (AvgIpc) is 2.60. The van der Waals surface area contributed by atoms with Crippen LogP contribution in [0.1, 0.15) is 25.0 Å². The molecule has 6 nitrogen and oxygen atoms in total. The van der Waals surface area contributed by atoms with Crippen molar-refractivity contribution in [3.63, 3.8) is 0 Å². The normalized spacial score (nSPS) is 10.5. The van der Waals surface area contributed by atoms with Gasteiger partial charge in [-0.1, -0.05) is 24.3 Å². The number of aliphatic carboxylic acids is 1. The predicted octanol–water partition coefficient (Wildman–Crippen LogP) is 2.84. The first kappa shape index (κ1) is 20.3. The maximum Gasteiger partial charge on any atom is 0.341 e. The Hall–Kier alpha value is -3.02. The van der Waals surface area contributed by atoms with Gasteiger partial charge in [-0.15, -0.1) is 0 Å². The van der Waals surface area contributed by atoms with E-state index in [9.17, 15) is 9.59 Å². The van der Waals surface area contributed by atoms with E-state index in [0.717, 1.165) is 16.9 Å². The van der Waals surface area contributed by atoms with Crippen LogP contribution in [0.5, 0.6) is 11.5 Å². The highest BCUT2D eigenvalue weighted by Crippen LogP contribution is 2.15. The molecule has 0 spiro atoms. The summed E-state index contributed by atoms with van der Waals surface area (Å²) in [7, 11) is 0. The molecule has 2 aromatic rings. The van der Waals surface area contributed by atoms with Crippen molar-refractivity contribution < 1.29 is 24.2 Å². The van der Waals surface area contributed by atoms with Crippen molar-refractivity contribution in [3.05, 3.63) is 59.7 Å². The minimum atomic E-state index is -1.01. The Kier molecular flexibility index (Phi) is 7.67. The van der Waals surface area contributed by atoms with Crippen molar-refractivity contribution in [3.8, 4) is 11.5 Å². The molecule has 2 rings (SSSR count). The minimum absolute atomic E-state index is 0.0434. The van der Waals surface area contributed by atoms with E-state index < -0.39 is 5.97 Å². The summed E-state index contributed by atoms with van der Waals surface area (Å²) in [6.45, 7) is 4.09. The molecule has 0 aliphatic heterocycles. The van der Waals surface area contributed by atoms with Gasteiger partial charge in [-0.2, -0.15) is 0 Å². The molecular weight excluding hydrogens is 346 g/mol. The van der Waals surface area contributed by atoms with Crippen LogP contribution in [0.25, 0.3) is 0 Å². The van der Waals surface area contributed by atoms with E-state index in [1.54, 1.807) is 12.1 Å². The van der Waals surface area contributed by atoms with Gasteiger partial charge in [0.1, 0.15) is 11.5 Å². The molecule has 2 N–H and O–H groups in total. The lowest BCUT2D eigenvalue weighted by molar-refractivity contribution is -0.139. The van der Waals surface area contributed by atoms with Crippen LogP contribution in [0.3, 0.4) is 0 Å². The molecule has 0 bridgehead atoms. The molecule has 0 fully saturated rings. The number of carboxylic acid groups (broad SMARTS) is 1.